The molecule has 2 amide bonds. The van der Waals surface area contributed by atoms with Crippen molar-refractivity contribution in [1.29, 1.82) is 0 Å². The Morgan fingerprint density at radius 3 is 2.64 bits per heavy atom. The number of hydrogen-bond donors (Lipinski definition) is 1. The topological polar surface area (TPSA) is 75.7 Å². The molecule has 0 aromatic heterocycles. The summed E-state index contributed by atoms with van der Waals surface area (Å²) in [5.74, 6) is 1.14. The van der Waals surface area contributed by atoms with Crippen molar-refractivity contribution in [1.82, 2.24) is 10.2 Å². The second-order valence-electron chi connectivity index (χ2n) is 8.03. The van der Waals surface area contributed by atoms with Crippen LogP contribution in [0.3, 0.4) is 0 Å². The Morgan fingerprint density at radius 1 is 1.21 bits per heavy atom. The number of carbonyl (C=O) groups excluding carboxylic acids is 3. The third-order valence-corrected chi connectivity index (χ3v) is 5.98. The molecule has 0 unspecified atom stereocenters. The number of benzene rings is 1. The van der Waals surface area contributed by atoms with Gasteiger partial charge in [0.05, 0.1) is 13.5 Å². The Balaban J connectivity index is 1.44. The van der Waals surface area contributed by atoms with Gasteiger partial charge in [-0.25, -0.2) is 0 Å². The van der Waals surface area contributed by atoms with Crippen molar-refractivity contribution < 1.29 is 19.1 Å². The molecule has 152 valence electrons. The number of hydrogen-bond acceptors (Lipinski definition) is 4. The molecular weight excluding hydrogens is 356 g/mol. The molecule has 1 aliphatic heterocycles. The van der Waals surface area contributed by atoms with Gasteiger partial charge in [0.15, 0.2) is 0 Å². The highest BCUT2D eigenvalue weighted by molar-refractivity contribution is 5.86. The lowest BCUT2D eigenvalue weighted by molar-refractivity contribution is -0.132. The van der Waals surface area contributed by atoms with Crippen molar-refractivity contribution in [2.75, 3.05) is 20.2 Å². The molecule has 2 aliphatic rings. The number of ether oxygens (including phenoxy) is 1. The average molecular weight is 386 g/mol. The van der Waals surface area contributed by atoms with Gasteiger partial charge in [0.1, 0.15) is 11.5 Å². The first-order chi connectivity index (χ1) is 13.5. The molecule has 1 aliphatic carbocycles. The van der Waals surface area contributed by atoms with Crippen molar-refractivity contribution in [3.05, 3.63) is 29.8 Å². The molecule has 0 bridgehead atoms. The third kappa shape index (κ3) is 5.12. The summed E-state index contributed by atoms with van der Waals surface area (Å²) in [6, 6.07) is 7.69. The number of piperidine rings is 1. The Hall–Kier alpha value is -2.37. The smallest absolute Gasteiger partial charge is 0.226 e. The van der Waals surface area contributed by atoms with E-state index in [4.69, 9.17) is 4.74 Å². The van der Waals surface area contributed by atoms with Crippen LogP contribution in [0.25, 0.3) is 0 Å². The quantitative estimate of drug-likeness (QED) is 0.843. The van der Waals surface area contributed by atoms with Crippen LogP contribution in [-0.2, 0) is 20.8 Å². The van der Waals surface area contributed by atoms with Crippen molar-refractivity contribution in [2.45, 2.75) is 51.5 Å². The summed E-state index contributed by atoms with van der Waals surface area (Å²) in [4.78, 5) is 38.6. The van der Waals surface area contributed by atoms with Crippen LogP contribution in [0.15, 0.2) is 24.3 Å². The molecule has 1 N–H and O–H groups in total. The van der Waals surface area contributed by atoms with E-state index >= 15 is 0 Å². The van der Waals surface area contributed by atoms with Gasteiger partial charge in [-0.3, -0.25) is 14.4 Å². The maximum atomic E-state index is 12.6. The molecule has 2 fully saturated rings. The van der Waals surface area contributed by atoms with Crippen LogP contribution in [0.2, 0.25) is 0 Å². The van der Waals surface area contributed by atoms with Crippen LogP contribution in [0.5, 0.6) is 5.75 Å². The minimum Gasteiger partial charge on any atom is -0.497 e. The first-order valence-electron chi connectivity index (χ1n) is 10.2. The van der Waals surface area contributed by atoms with Crippen LogP contribution in [0.1, 0.15) is 44.6 Å². The van der Waals surface area contributed by atoms with Crippen LogP contribution in [0.4, 0.5) is 0 Å². The van der Waals surface area contributed by atoms with E-state index in [1.165, 1.54) is 0 Å². The lowest BCUT2D eigenvalue weighted by Crippen LogP contribution is -2.48. The van der Waals surface area contributed by atoms with Crippen molar-refractivity contribution in [2.24, 2.45) is 11.8 Å². The molecule has 28 heavy (non-hydrogen) atoms. The standard InChI is InChI=1S/C22H30N2O4/c1-15-12-17(6-7-20(15)25)22(27)23-18-8-10-24(11-9-18)21(26)14-16-4-3-5-19(13-16)28-2/h3-5,13,15,17-18H,6-12,14H2,1-2H3,(H,23,27)/t15-,17-/m1/s1. The minimum absolute atomic E-state index is 0.0134. The summed E-state index contributed by atoms with van der Waals surface area (Å²) >= 11 is 0. The van der Waals surface area contributed by atoms with Crippen molar-refractivity contribution >= 4 is 17.6 Å². The van der Waals surface area contributed by atoms with Crippen LogP contribution in [-0.4, -0.2) is 48.7 Å². The van der Waals surface area contributed by atoms with E-state index in [2.05, 4.69) is 5.32 Å². The number of likely N-dealkylation sites (tertiary alicyclic amines) is 1. The van der Waals surface area contributed by atoms with E-state index in [9.17, 15) is 14.4 Å². The molecule has 1 saturated heterocycles. The first kappa shape index (κ1) is 20.4. The highest BCUT2D eigenvalue weighted by Crippen LogP contribution is 2.26. The molecule has 1 aromatic carbocycles. The zero-order valence-corrected chi connectivity index (χ0v) is 16.8. The second kappa shape index (κ2) is 9.22. The van der Waals surface area contributed by atoms with Crippen LogP contribution in [0, 0.1) is 11.8 Å². The van der Waals surface area contributed by atoms with E-state index < -0.39 is 0 Å². The monoisotopic (exact) mass is 386 g/mol. The average Bonchev–Trinajstić information content (AvgIpc) is 2.70. The van der Waals surface area contributed by atoms with Gasteiger partial charge in [-0.2, -0.15) is 0 Å². The van der Waals surface area contributed by atoms with Crippen molar-refractivity contribution in [3.8, 4) is 5.75 Å². The molecular formula is C22H30N2O4. The van der Waals surface area contributed by atoms with E-state index in [1.54, 1.807) is 7.11 Å². The van der Waals surface area contributed by atoms with Gasteiger partial charge < -0.3 is 15.0 Å². The van der Waals surface area contributed by atoms with Gasteiger partial charge in [-0.1, -0.05) is 19.1 Å². The molecule has 1 aromatic rings. The number of Topliss-reactive ketones (excluding diaryl/α,β-unsaturated/α-hetero) is 1. The molecule has 3 rings (SSSR count). The number of carbonyl (C=O) groups is 3. The van der Waals surface area contributed by atoms with Crippen molar-refractivity contribution in [3.63, 3.8) is 0 Å². The molecule has 0 spiro atoms. The van der Waals surface area contributed by atoms with Gasteiger partial charge in [-0.15, -0.1) is 0 Å². The van der Waals surface area contributed by atoms with E-state index in [-0.39, 0.29) is 35.5 Å². The Bertz CT molecular complexity index is 725. The fraction of sp³-hybridized carbons (Fsp3) is 0.591. The van der Waals surface area contributed by atoms with Gasteiger partial charge in [0, 0.05) is 37.4 Å². The largest absolute Gasteiger partial charge is 0.497 e. The number of nitrogens with one attached hydrogen (secondary N) is 1. The Morgan fingerprint density at radius 2 is 1.96 bits per heavy atom. The zero-order chi connectivity index (χ0) is 20.1. The second-order valence-corrected chi connectivity index (χ2v) is 8.03. The van der Waals surface area contributed by atoms with Gasteiger partial charge in [0.25, 0.3) is 0 Å². The number of amides is 2. The summed E-state index contributed by atoms with van der Waals surface area (Å²) in [5.41, 5.74) is 0.945. The molecule has 0 radical (unpaired) electrons. The van der Waals surface area contributed by atoms with Gasteiger partial charge >= 0.3 is 0 Å². The minimum atomic E-state index is -0.0552. The third-order valence-electron chi connectivity index (χ3n) is 5.98. The fourth-order valence-electron chi connectivity index (χ4n) is 4.14. The molecule has 1 heterocycles. The predicted octanol–water partition coefficient (Wildman–Crippen LogP) is 2.35. The van der Waals surface area contributed by atoms with E-state index in [0.717, 1.165) is 24.2 Å². The summed E-state index contributed by atoms with van der Waals surface area (Å²) in [5, 5.41) is 3.14. The van der Waals surface area contributed by atoms with Gasteiger partial charge in [0.2, 0.25) is 11.8 Å². The fourth-order valence-corrected chi connectivity index (χ4v) is 4.14. The Labute approximate surface area is 166 Å². The highest BCUT2D eigenvalue weighted by Gasteiger charge is 2.32. The lowest BCUT2D eigenvalue weighted by atomic mass is 9.81. The summed E-state index contributed by atoms with van der Waals surface area (Å²) in [6.45, 7) is 3.23. The van der Waals surface area contributed by atoms with Crippen LogP contribution >= 0.6 is 0 Å². The number of nitrogens with zero attached hydrogens (tertiary/aromatic N) is 1. The molecule has 2 atom stereocenters. The maximum Gasteiger partial charge on any atom is 0.226 e. The van der Waals surface area contributed by atoms with Gasteiger partial charge in [-0.05, 0) is 43.4 Å². The first-order valence-corrected chi connectivity index (χ1v) is 10.2. The number of methoxy groups -OCH3 is 1. The molecule has 6 nitrogen and oxygen atoms in total. The summed E-state index contributed by atoms with van der Waals surface area (Å²) in [6.07, 6.45) is 3.74. The maximum absolute atomic E-state index is 12.6. The number of rotatable bonds is 5. The van der Waals surface area contributed by atoms with E-state index in [0.29, 0.717) is 38.8 Å². The SMILES string of the molecule is COc1cccc(CC(=O)N2CCC(NC(=O)[C@@H]3CCC(=O)[C@H](C)C3)CC2)c1. The highest BCUT2D eigenvalue weighted by atomic mass is 16.5. The summed E-state index contributed by atoms with van der Waals surface area (Å²) in [7, 11) is 1.62. The number of ketones is 1. The lowest BCUT2D eigenvalue weighted by Gasteiger charge is -2.34. The zero-order valence-electron chi connectivity index (χ0n) is 16.8. The Kier molecular flexibility index (Phi) is 6.70. The molecule has 1 saturated carbocycles. The van der Waals surface area contributed by atoms with Crippen LogP contribution < -0.4 is 10.1 Å². The summed E-state index contributed by atoms with van der Waals surface area (Å²) < 4.78 is 5.21. The van der Waals surface area contributed by atoms with E-state index in [1.807, 2.05) is 36.1 Å². The normalized spacial score (nSPS) is 23.4. The molecule has 6 heteroatoms. The predicted molar refractivity (Wildman–Crippen MR) is 106 cm³/mol.